The number of halogens is 1. The molecule has 1 amide bonds. The Hall–Kier alpha value is -1.74. The van der Waals surface area contributed by atoms with E-state index in [1.165, 1.54) is 12.3 Å². The fourth-order valence-corrected chi connectivity index (χ4v) is 2.85. The number of fused-ring (bicyclic) bond motifs is 1. The SMILES string of the molecule is O=C(Nc1cncc(OS(=O)(=O)F)c1)C12CC(CO1)C2. The minimum atomic E-state index is -5.12. The molecule has 1 saturated carbocycles. The summed E-state index contributed by atoms with van der Waals surface area (Å²) in [5.74, 6) is -0.194. The summed E-state index contributed by atoms with van der Waals surface area (Å²) in [6.07, 6.45) is 3.69. The van der Waals surface area contributed by atoms with Gasteiger partial charge in [-0.25, -0.2) is 0 Å². The van der Waals surface area contributed by atoms with Crippen LogP contribution in [0.15, 0.2) is 18.5 Å². The molecule has 7 nitrogen and oxygen atoms in total. The summed E-state index contributed by atoms with van der Waals surface area (Å²) in [6.45, 7) is 0.578. The van der Waals surface area contributed by atoms with E-state index in [0.717, 1.165) is 6.20 Å². The number of carbonyl (C=O) groups is 1. The van der Waals surface area contributed by atoms with Crippen molar-refractivity contribution in [1.29, 1.82) is 0 Å². The maximum Gasteiger partial charge on any atom is 0.488 e. The molecule has 3 fully saturated rings. The zero-order valence-electron chi connectivity index (χ0n) is 10.2. The number of rotatable bonds is 4. The Kier molecular flexibility index (Phi) is 2.91. The number of amides is 1. The van der Waals surface area contributed by atoms with Gasteiger partial charge in [0.2, 0.25) is 0 Å². The zero-order chi connectivity index (χ0) is 14.4. The first-order valence-electron chi connectivity index (χ1n) is 5.91. The normalized spacial score (nSPS) is 27.8. The van der Waals surface area contributed by atoms with E-state index in [9.17, 15) is 17.1 Å². The maximum absolute atomic E-state index is 12.4. The third-order valence-corrected chi connectivity index (χ3v) is 3.80. The van der Waals surface area contributed by atoms with E-state index in [1.807, 2.05) is 0 Å². The highest BCUT2D eigenvalue weighted by atomic mass is 32.3. The molecule has 2 aliphatic heterocycles. The largest absolute Gasteiger partial charge is 0.488 e. The Morgan fingerprint density at radius 1 is 1.50 bits per heavy atom. The predicted octanol–water partition coefficient (Wildman–Crippen LogP) is 0.792. The van der Waals surface area contributed by atoms with Gasteiger partial charge in [0.1, 0.15) is 5.60 Å². The van der Waals surface area contributed by atoms with E-state index in [1.54, 1.807) is 0 Å². The van der Waals surface area contributed by atoms with Crippen LogP contribution in [0.5, 0.6) is 5.75 Å². The van der Waals surface area contributed by atoms with Crippen LogP contribution in [-0.4, -0.2) is 31.5 Å². The predicted molar refractivity (Wildman–Crippen MR) is 64.9 cm³/mol. The van der Waals surface area contributed by atoms with Crippen LogP contribution in [0.4, 0.5) is 9.57 Å². The molecule has 1 aromatic heterocycles. The number of hydrogen-bond donors (Lipinski definition) is 1. The lowest BCUT2D eigenvalue weighted by atomic mass is 9.74. The van der Waals surface area contributed by atoms with Crippen LogP contribution in [0.25, 0.3) is 0 Å². The van der Waals surface area contributed by atoms with Crippen LogP contribution in [0, 0.1) is 5.92 Å². The van der Waals surface area contributed by atoms with Crippen LogP contribution >= 0.6 is 0 Å². The fraction of sp³-hybridized carbons (Fsp3) is 0.455. The molecule has 9 heteroatoms. The Morgan fingerprint density at radius 2 is 2.25 bits per heavy atom. The molecule has 3 aliphatic rings. The van der Waals surface area contributed by atoms with Gasteiger partial charge in [-0.15, -0.1) is 0 Å². The number of nitrogens with one attached hydrogen (secondary N) is 1. The van der Waals surface area contributed by atoms with Crippen LogP contribution in [0.1, 0.15) is 12.8 Å². The van der Waals surface area contributed by atoms with Gasteiger partial charge < -0.3 is 14.2 Å². The van der Waals surface area contributed by atoms with Gasteiger partial charge in [0.25, 0.3) is 5.91 Å². The van der Waals surface area contributed by atoms with Crippen LogP contribution in [0.2, 0.25) is 0 Å². The quantitative estimate of drug-likeness (QED) is 0.826. The fourth-order valence-electron chi connectivity index (χ4n) is 2.53. The van der Waals surface area contributed by atoms with Crippen LogP contribution in [0.3, 0.4) is 0 Å². The molecule has 20 heavy (non-hydrogen) atoms. The van der Waals surface area contributed by atoms with Gasteiger partial charge in [-0.2, -0.15) is 8.42 Å². The van der Waals surface area contributed by atoms with Crippen molar-refractivity contribution in [2.24, 2.45) is 5.92 Å². The molecule has 1 aromatic rings. The number of hydrogen-bond acceptors (Lipinski definition) is 6. The molecular weight excluding hydrogens is 291 g/mol. The van der Waals surface area contributed by atoms with E-state index in [-0.39, 0.29) is 17.3 Å². The number of nitrogens with zero attached hydrogens (tertiary/aromatic N) is 1. The second-order valence-corrected chi connectivity index (χ2v) is 5.87. The monoisotopic (exact) mass is 302 g/mol. The Labute approximate surface area is 114 Å². The minimum Gasteiger partial charge on any atom is -0.365 e. The molecule has 0 radical (unpaired) electrons. The molecule has 1 aliphatic carbocycles. The number of pyridine rings is 1. The average Bonchev–Trinajstić information content (AvgIpc) is 2.86. The molecule has 0 atom stereocenters. The van der Waals surface area contributed by atoms with Gasteiger partial charge >= 0.3 is 10.5 Å². The van der Waals surface area contributed by atoms with Gasteiger partial charge in [-0.1, -0.05) is 3.89 Å². The van der Waals surface area contributed by atoms with Gasteiger partial charge in [0.05, 0.1) is 24.7 Å². The lowest BCUT2D eigenvalue weighted by Crippen LogP contribution is -2.47. The summed E-state index contributed by atoms with van der Waals surface area (Å²) in [5.41, 5.74) is -0.572. The van der Waals surface area contributed by atoms with E-state index in [0.29, 0.717) is 25.4 Å². The smallest absolute Gasteiger partial charge is 0.365 e. The second-order valence-electron chi connectivity index (χ2n) is 4.92. The first-order chi connectivity index (χ1) is 9.36. The van der Waals surface area contributed by atoms with E-state index in [2.05, 4.69) is 14.5 Å². The van der Waals surface area contributed by atoms with Crippen molar-refractivity contribution in [1.82, 2.24) is 4.98 Å². The molecule has 1 N–H and O–H groups in total. The number of aromatic nitrogens is 1. The van der Waals surface area contributed by atoms with Gasteiger partial charge in [0.15, 0.2) is 5.75 Å². The van der Waals surface area contributed by atoms with E-state index < -0.39 is 16.1 Å². The zero-order valence-corrected chi connectivity index (χ0v) is 11.0. The van der Waals surface area contributed by atoms with Gasteiger partial charge in [-0.3, -0.25) is 9.78 Å². The van der Waals surface area contributed by atoms with Crippen molar-refractivity contribution in [3.8, 4) is 5.75 Å². The Morgan fingerprint density at radius 3 is 2.85 bits per heavy atom. The number of anilines is 1. The summed E-state index contributed by atoms with van der Waals surface area (Å²) in [7, 11) is -5.12. The summed E-state index contributed by atoms with van der Waals surface area (Å²) in [4.78, 5) is 15.7. The third-order valence-electron chi connectivity index (χ3n) is 3.41. The summed E-state index contributed by atoms with van der Waals surface area (Å²) >= 11 is 0. The molecule has 3 heterocycles. The highest BCUT2D eigenvalue weighted by Crippen LogP contribution is 2.48. The Bertz CT molecular complexity index is 651. The summed E-state index contributed by atoms with van der Waals surface area (Å²) in [6, 6.07) is 1.17. The molecule has 108 valence electrons. The van der Waals surface area contributed by atoms with Crippen molar-refractivity contribution < 1.29 is 26.0 Å². The lowest BCUT2D eigenvalue weighted by molar-refractivity contribution is -0.137. The van der Waals surface area contributed by atoms with E-state index in [4.69, 9.17) is 4.74 Å². The topological polar surface area (TPSA) is 94.6 Å². The highest BCUT2D eigenvalue weighted by molar-refractivity contribution is 7.81. The van der Waals surface area contributed by atoms with Gasteiger partial charge in [-0.05, 0) is 18.8 Å². The first kappa shape index (κ1) is 13.3. The minimum absolute atomic E-state index is 0.212. The molecule has 4 rings (SSSR count). The van der Waals surface area contributed by atoms with Crippen molar-refractivity contribution in [3.05, 3.63) is 18.5 Å². The lowest BCUT2D eigenvalue weighted by Gasteiger charge is -2.33. The number of ether oxygens (including phenoxy) is 1. The third kappa shape index (κ3) is 2.46. The van der Waals surface area contributed by atoms with Crippen molar-refractivity contribution in [2.45, 2.75) is 18.4 Å². The molecular formula is C11H11FN2O5S. The molecule has 0 unspecified atom stereocenters. The summed E-state index contributed by atoms with van der Waals surface area (Å²) < 4.78 is 42.6. The highest BCUT2D eigenvalue weighted by Gasteiger charge is 2.57. The standard InChI is InChI=1S/C11H11FN2O5S/c12-20(16,17)19-9-1-8(4-13-5-9)14-10(15)11-2-7(3-11)6-18-11/h1,4-5,7H,2-3,6H2,(H,14,15). The summed E-state index contributed by atoms with van der Waals surface area (Å²) in [5, 5.41) is 2.56. The molecule has 2 saturated heterocycles. The van der Waals surface area contributed by atoms with Crippen molar-refractivity contribution in [3.63, 3.8) is 0 Å². The number of carbonyl (C=O) groups excluding carboxylic acids is 1. The van der Waals surface area contributed by atoms with Crippen LogP contribution < -0.4 is 9.50 Å². The second kappa shape index (κ2) is 4.38. The Balaban J connectivity index is 1.71. The maximum atomic E-state index is 12.4. The van der Waals surface area contributed by atoms with E-state index >= 15 is 0 Å². The van der Waals surface area contributed by atoms with Gasteiger partial charge in [0, 0.05) is 6.07 Å². The average molecular weight is 302 g/mol. The van der Waals surface area contributed by atoms with Crippen molar-refractivity contribution >= 4 is 22.1 Å². The molecule has 0 aromatic carbocycles. The molecule has 0 spiro atoms. The first-order valence-corrected chi connectivity index (χ1v) is 7.22. The molecule has 2 bridgehead atoms. The van der Waals surface area contributed by atoms with Crippen molar-refractivity contribution in [2.75, 3.05) is 11.9 Å². The van der Waals surface area contributed by atoms with Crippen LogP contribution in [-0.2, 0) is 20.0 Å².